The fourth-order valence-electron chi connectivity index (χ4n) is 0.863. The zero-order valence-electron chi connectivity index (χ0n) is 11.8. The van der Waals surface area contributed by atoms with Crippen molar-refractivity contribution in [1.29, 1.82) is 0 Å². The summed E-state index contributed by atoms with van der Waals surface area (Å²) < 4.78 is 63.2. The zero-order valence-corrected chi connectivity index (χ0v) is 17.4. The Morgan fingerprint density at radius 1 is 1.00 bits per heavy atom. The van der Waals surface area contributed by atoms with Crippen molar-refractivity contribution in [3.63, 3.8) is 0 Å². The molecule has 0 amide bonds. The summed E-state index contributed by atoms with van der Waals surface area (Å²) >= 11 is 0. The first kappa shape index (κ1) is 26.8. The van der Waals surface area contributed by atoms with Gasteiger partial charge in [-0.2, -0.15) is 0 Å². The van der Waals surface area contributed by atoms with Crippen molar-refractivity contribution in [3.05, 3.63) is 24.3 Å². The van der Waals surface area contributed by atoms with Gasteiger partial charge in [0.15, 0.2) is 0 Å². The van der Waals surface area contributed by atoms with Crippen LogP contribution in [0.3, 0.4) is 0 Å². The standard InChI is InChI=1S/C6H6O6S2.C3H8O2.2Na/c7-13(8,9)5-3-1-2-4-6(5)14(10,11)12;1-3(5)2-4;;/h1-4H,(H,7,8,9)(H,10,11,12);3-5H,2H2,1H3;;/q;;2*+1/p-2. The van der Waals surface area contributed by atoms with E-state index < -0.39 is 36.1 Å². The number of hydrogen-bond acceptors (Lipinski definition) is 8. The van der Waals surface area contributed by atoms with Gasteiger partial charge in [-0.25, -0.2) is 16.8 Å². The monoisotopic (exact) mass is 358 g/mol. The predicted molar refractivity (Wildman–Crippen MR) is 61.1 cm³/mol. The van der Waals surface area contributed by atoms with Crippen LogP contribution >= 0.6 is 0 Å². The van der Waals surface area contributed by atoms with E-state index in [1.165, 1.54) is 6.92 Å². The van der Waals surface area contributed by atoms with E-state index in [2.05, 4.69) is 0 Å². The number of aliphatic hydroxyl groups is 2. The van der Waals surface area contributed by atoms with Crippen LogP contribution in [0.1, 0.15) is 6.92 Å². The molecule has 12 heteroatoms. The van der Waals surface area contributed by atoms with Crippen molar-refractivity contribution in [1.82, 2.24) is 0 Å². The Bertz CT molecular complexity index is 561. The molecule has 0 saturated heterocycles. The molecule has 1 rings (SSSR count). The van der Waals surface area contributed by atoms with Crippen LogP contribution in [0.25, 0.3) is 0 Å². The molecule has 0 heterocycles. The van der Waals surface area contributed by atoms with E-state index in [9.17, 15) is 25.9 Å². The molecule has 0 aromatic heterocycles. The van der Waals surface area contributed by atoms with Gasteiger partial charge < -0.3 is 19.3 Å². The molecule has 1 unspecified atom stereocenters. The van der Waals surface area contributed by atoms with Crippen molar-refractivity contribution >= 4 is 20.2 Å². The Morgan fingerprint density at radius 2 is 1.24 bits per heavy atom. The van der Waals surface area contributed by atoms with Crippen LogP contribution < -0.4 is 59.1 Å². The second-order valence-corrected chi connectivity index (χ2v) is 6.08. The Labute approximate surface area is 167 Å². The first-order valence-electron chi connectivity index (χ1n) is 4.80. The maximum atomic E-state index is 10.5. The summed E-state index contributed by atoms with van der Waals surface area (Å²) in [5.74, 6) is 0. The van der Waals surface area contributed by atoms with Crippen LogP contribution in [0, 0.1) is 0 Å². The van der Waals surface area contributed by atoms with Gasteiger partial charge in [-0.3, -0.25) is 0 Å². The molecule has 0 aliphatic carbocycles. The molecule has 1 atom stereocenters. The summed E-state index contributed by atoms with van der Waals surface area (Å²) in [4.78, 5) is -2.04. The minimum absolute atomic E-state index is 0. The summed E-state index contributed by atoms with van der Waals surface area (Å²) in [6.45, 7) is 1.39. The second-order valence-electron chi connectivity index (χ2n) is 3.39. The third-order valence-corrected chi connectivity index (χ3v) is 3.57. The van der Waals surface area contributed by atoms with Gasteiger partial charge in [-0.15, -0.1) is 0 Å². The van der Waals surface area contributed by atoms with Gasteiger partial charge in [0.2, 0.25) is 0 Å². The van der Waals surface area contributed by atoms with E-state index in [0.29, 0.717) is 0 Å². The van der Waals surface area contributed by atoms with Crippen LogP contribution in [0.15, 0.2) is 34.1 Å². The van der Waals surface area contributed by atoms with E-state index >= 15 is 0 Å². The quantitative estimate of drug-likeness (QED) is 0.399. The summed E-state index contributed by atoms with van der Waals surface area (Å²) in [5, 5.41) is 16.0. The minimum Gasteiger partial charge on any atom is -0.744 e. The molecule has 0 fully saturated rings. The molecule has 1 aromatic carbocycles. The smallest absolute Gasteiger partial charge is 0.744 e. The van der Waals surface area contributed by atoms with Crippen LogP contribution in [0.4, 0.5) is 0 Å². The average molecular weight is 358 g/mol. The average Bonchev–Trinajstić information content (AvgIpc) is 2.27. The fraction of sp³-hybridized carbons (Fsp3) is 0.333. The molecule has 0 aliphatic heterocycles. The third kappa shape index (κ3) is 11.2. The van der Waals surface area contributed by atoms with E-state index in [-0.39, 0.29) is 65.7 Å². The maximum Gasteiger partial charge on any atom is 1.00 e. The topological polar surface area (TPSA) is 155 Å². The van der Waals surface area contributed by atoms with Gasteiger partial charge in [0, 0.05) is 0 Å². The first-order chi connectivity index (χ1) is 8.50. The van der Waals surface area contributed by atoms with Gasteiger partial charge >= 0.3 is 59.1 Å². The molecule has 110 valence electrons. The van der Waals surface area contributed by atoms with E-state index in [1.54, 1.807) is 0 Å². The Balaban J connectivity index is -0.000000405. The maximum absolute atomic E-state index is 10.5. The van der Waals surface area contributed by atoms with Crippen LogP contribution in [0.5, 0.6) is 0 Å². The van der Waals surface area contributed by atoms with Gasteiger partial charge in [0.05, 0.1) is 22.5 Å². The van der Waals surface area contributed by atoms with Gasteiger partial charge in [0.25, 0.3) is 0 Å². The first-order valence-corrected chi connectivity index (χ1v) is 7.61. The normalized spacial score (nSPS) is 12.0. The molecule has 21 heavy (non-hydrogen) atoms. The molecular formula is C9H12Na2O8S2. The largest absolute Gasteiger partial charge is 1.00 e. The van der Waals surface area contributed by atoms with Gasteiger partial charge in [0.1, 0.15) is 20.2 Å². The van der Waals surface area contributed by atoms with Crippen molar-refractivity contribution < 1.29 is 95.3 Å². The summed E-state index contributed by atoms with van der Waals surface area (Å²) in [6.07, 6.45) is -0.560. The van der Waals surface area contributed by atoms with Crippen LogP contribution in [0.2, 0.25) is 0 Å². The molecule has 0 spiro atoms. The van der Waals surface area contributed by atoms with Crippen molar-refractivity contribution in [2.75, 3.05) is 6.61 Å². The number of hydrogen-bond donors (Lipinski definition) is 2. The number of aliphatic hydroxyl groups excluding tert-OH is 2. The third-order valence-electron chi connectivity index (χ3n) is 1.65. The molecule has 0 bridgehead atoms. The molecule has 8 nitrogen and oxygen atoms in total. The Hall–Kier alpha value is 0.960. The Kier molecular flexibility index (Phi) is 14.7. The van der Waals surface area contributed by atoms with Gasteiger partial charge in [-0.1, -0.05) is 12.1 Å². The van der Waals surface area contributed by atoms with E-state index in [1.807, 2.05) is 0 Å². The van der Waals surface area contributed by atoms with Crippen LogP contribution in [-0.4, -0.2) is 48.9 Å². The van der Waals surface area contributed by atoms with E-state index in [0.717, 1.165) is 24.3 Å². The van der Waals surface area contributed by atoms with Crippen molar-refractivity contribution in [3.8, 4) is 0 Å². The van der Waals surface area contributed by atoms with Crippen molar-refractivity contribution in [2.45, 2.75) is 22.8 Å². The Morgan fingerprint density at radius 3 is 1.38 bits per heavy atom. The summed E-state index contributed by atoms with van der Waals surface area (Å²) in [7, 11) is -9.89. The molecular weight excluding hydrogens is 346 g/mol. The minimum atomic E-state index is -4.95. The number of benzene rings is 1. The van der Waals surface area contributed by atoms with Gasteiger partial charge in [-0.05, 0) is 19.1 Å². The zero-order chi connectivity index (χ0) is 15.3. The number of rotatable bonds is 3. The van der Waals surface area contributed by atoms with Crippen molar-refractivity contribution in [2.24, 2.45) is 0 Å². The molecule has 0 radical (unpaired) electrons. The summed E-state index contributed by atoms with van der Waals surface area (Å²) in [6, 6.07) is 3.85. The van der Waals surface area contributed by atoms with E-state index in [4.69, 9.17) is 10.2 Å². The summed E-state index contributed by atoms with van der Waals surface area (Å²) in [5.41, 5.74) is 0. The SMILES string of the molecule is CC(O)CO.O=S(=O)([O-])c1ccccc1S(=O)(=O)[O-].[Na+].[Na+]. The molecule has 0 aliphatic rings. The van der Waals surface area contributed by atoms with Crippen LogP contribution in [-0.2, 0) is 20.2 Å². The second kappa shape index (κ2) is 11.5. The molecule has 2 N–H and O–H groups in total. The molecule has 1 aromatic rings. The molecule has 0 saturated carbocycles. The predicted octanol–water partition coefficient (Wildman–Crippen LogP) is -7.14. The fourth-order valence-corrected chi connectivity index (χ4v) is 2.59.